The Kier molecular flexibility index (Phi) is 5.27. The van der Waals surface area contributed by atoms with Crippen LogP contribution in [-0.2, 0) is 10.1 Å². The molecule has 0 N–H and O–H groups in total. The predicted molar refractivity (Wildman–Crippen MR) is 82.6 cm³/mol. The highest BCUT2D eigenvalue weighted by Gasteiger charge is 2.19. The van der Waals surface area contributed by atoms with Crippen LogP contribution in [0.3, 0.4) is 0 Å². The molecule has 0 saturated heterocycles. The van der Waals surface area contributed by atoms with Gasteiger partial charge in [-0.2, -0.15) is 0 Å². The minimum Gasteiger partial charge on any atom is -0.494 e. The van der Waals surface area contributed by atoms with Crippen LogP contribution < -0.4 is 4.74 Å². The molecule has 0 amide bonds. The van der Waals surface area contributed by atoms with Crippen LogP contribution in [0.2, 0.25) is 0 Å². The average molecular weight is 351 g/mol. The molecule has 0 radical (unpaired) electrons. The molecule has 0 aromatic carbocycles. The number of nitrogens with zero attached hydrogens (tertiary/aromatic N) is 2. The molecular weight excluding hydrogens is 336 g/mol. The van der Waals surface area contributed by atoms with Gasteiger partial charge in [0.2, 0.25) is 0 Å². The van der Waals surface area contributed by atoms with Crippen molar-refractivity contribution >= 4 is 21.9 Å². The van der Waals surface area contributed by atoms with E-state index in [1.165, 1.54) is 0 Å². The van der Waals surface area contributed by atoms with Crippen molar-refractivity contribution < 1.29 is 14.3 Å². The third kappa shape index (κ3) is 3.39. The SMILES string of the molecule is CCOC(=O)c1cc(OC)c(-c2cccnc2)nc1CBr. The molecule has 0 spiro atoms. The van der Waals surface area contributed by atoms with E-state index in [1.54, 1.807) is 32.5 Å². The monoisotopic (exact) mass is 350 g/mol. The van der Waals surface area contributed by atoms with Crippen LogP contribution in [0.4, 0.5) is 0 Å². The number of methoxy groups -OCH3 is 1. The van der Waals surface area contributed by atoms with E-state index < -0.39 is 5.97 Å². The Morgan fingerprint density at radius 3 is 2.81 bits per heavy atom. The molecule has 2 aromatic heterocycles. The summed E-state index contributed by atoms with van der Waals surface area (Å²) >= 11 is 3.35. The summed E-state index contributed by atoms with van der Waals surface area (Å²) in [4.78, 5) is 20.6. The number of rotatable bonds is 5. The minimum absolute atomic E-state index is 0.313. The van der Waals surface area contributed by atoms with Crippen LogP contribution >= 0.6 is 15.9 Å². The lowest BCUT2D eigenvalue weighted by atomic mass is 10.1. The van der Waals surface area contributed by atoms with Crippen molar-refractivity contribution in [3.05, 3.63) is 41.9 Å². The first kappa shape index (κ1) is 15.4. The van der Waals surface area contributed by atoms with Crippen LogP contribution in [0, 0.1) is 0 Å². The molecule has 0 aliphatic carbocycles. The van der Waals surface area contributed by atoms with E-state index in [0.29, 0.717) is 34.6 Å². The second kappa shape index (κ2) is 7.17. The van der Waals surface area contributed by atoms with Gasteiger partial charge in [0, 0.05) is 23.3 Å². The van der Waals surface area contributed by atoms with E-state index in [9.17, 15) is 4.79 Å². The summed E-state index contributed by atoms with van der Waals surface area (Å²) in [5, 5.41) is 0.443. The molecule has 0 aliphatic heterocycles. The largest absolute Gasteiger partial charge is 0.494 e. The Labute approximate surface area is 131 Å². The Morgan fingerprint density at radius 2 is 2.24 bits per heavy atom. The van der Waals surface area contributed by atoms with Crippen molar-refractivity contribution in [2.45, 2.75) is 12.3 Å². The van der Waals surface area contributed by atoms with Gasteiger partial charge in [0.05, 0.1) is 25.0 Å². The number of carbonyl (C=O) groups excluding carboxylic acids is 1. The number of hydrogen-bond acceptors (Lipinski definition) is 5. The van der Waals surface area contributed by atoms with Crippen LogP contribution in [0.15, 0.2) is 30.6 Å². The van der Waals surface area contributed by atoms with E-state index in [-0.39, 0.29) is 0 Å². The molecule has 5 nitrogen and oxygen atoms in total. The van der Waals surface area contributed by atoms with Crippen molar-refractivity contribution in [3.63, 3.8) is 0 Å². The van der Waals surface area contributed by atoms with Gasteiger partial charge in [0.15, 0.2) is 0 Å². The minimum atomic E-state index is -0.407. The van der Waals surface area contributed by atoms with Gasteiger partial charge in [-0.1, -0.05) is 15.9 Å². The quantitative estimate of drug-likeness (QED) is 0.611. The predicted octanol–water partition coefficient (Wildman–Crippen LogP) is 3.22. The molecule has 2 aromatic rings. The second-order valence-corrected chi connectivity index (χ2v) is 4.69. The van der Waals surface area contributed by atoms with Gasteiger partial charge in [-0.15, -0.1) is 0 Å². The van der Waals surface area contributed by atoms with Gasteiger partial charge in [0.25, 0.3) is 0 Å². The summed E-state index contributed by atoms with van der Waals surface area (Å²) in [6.45, 7) is 2.08. The average Bonchev–Trinajstić information content (AvgIpc) is 2.54. The Morgan fingerprint density at radius 1 is 1.43 bits per heavy atom. The topological polar surface area (TPSA) is 61.3 Å². The molecule has 6 heteroatoms. The number of carbonyl (C=O) groups is 1. The summed E-state index contributed by atoms with van der Waals surface area (Å²) in [7, 11) is 1.54. The van der Waals surface area contributed by atoms with Crippen molar-refractivity contribution in [2.24, 2.45) is 0 Å². The molecule has 0 saturated carbocycles. The Bertz CT molecular complexity index is 632. The molecular formula is C15H15BrN2O3. The highest BCUT2D eigenvalue weighted by atomic mass is 79.9. The molecule has 2 heterocycles. The van der Waals surface area contributed by atoms with Crippen molar-refractivity contribution in [1.82, 2.24) is 9.97 Å². The number of aromatic nitrogens is 2. The fourth-order valence-corrected chi connectivity index (χ4v) is 2.31. The van der Waals surface area contributed by atoms with Crippen molar-refractivity contribution in [2.75, 3.05) is 13.7 Å². The molecule has 0 unspecified atom stereocenters. The van der Waals surface area contributed by atoms with E-state index >= 15 is 0 Å². The van der Waals surface area contributed by atoms with Crippen LogP contribution in [0.1, 0.15) is 23.0 Å². The first-order valence-corrected chi connectivity index (χ1v) is 7.54. The first-order chi connectivity index (χ1) is 10.2. The van der Waals surface area contributed by atoms with Gasteiger partial charge in [-0.25, -0.2) is 9.78 Å². The smallest absolute Gasteiger partial charge is 0.340 e. The number of alkyl halides is 1. The third-order valence-corrected chi connectivity index (χ3v) is 3.37. The van der Waals surface area contributed by atoms with E-state index in [1.807, 2.05) is 12.1 Å². The summed E-state index contributed by atoms with van der Waals surface area (Å²) in [6, 6.07) is 5.37. The number of halogens is 1. The van der Waals surface area contributed by atoms with Crippen molar-refractivity contribution in [3.8, 4) is 17.0 Å². The lowest BCUT2D eigenvalue weighted by molar-refractivity contribution is 0.0524. The highest BCUT2D eigenvalue weighted by Crippen LogP contribution is 2.30. The summed E-state index contributed by atoms with van der Waals surface area (Å²) in [6.07, 6.45) is 3.39. The maximum absolute atomic E-state index is 12.0. The zero-order valence-corrected chi connectivity index (χ0v) is 13.4. The number of esters is 1. The van der Waals surface area contributed by atoms with E-state index in [2.05, 4.69) is 25.9 Å². The summed E-state index contributed by atoms with van der Waals surface area (Å²) in [5.74, 6) is 0.103. The summed E-state index contributed by atoms with van der Waals surface area (Å²) < 4.78 is 10.4. The fourth-order valence-electron chi connectivity index (χ4n) is 1.89. The second-order valence-electron chi connectivity index (χ2n) is 4.13. The summed E-state index contributed by atoms with van der Waals surface area (Å²) in [5.41, 5.74) is 2.48. The van der Waals surface area contributed by atoms with Gasteiger partial charge in [-0.3, -0.25) is 4.98 Å². The fraction of sp³-hybridized carbons (Fsp3) is 0.267. The third-order valence-electron chi connectivity index (χ3n) is 2.84. The van der Waals surface area contributed by atoms with Gasteiger partial charge >= 0.3 is 5.97 Å². The Hall–Kier alpha value is -1.95. The van der Waals surface area contributed by atoms with Gasteiger partial charge < -0.3 is 9.47 Å². The normalized spacial score (nSPS) is 10.2. The molecule has 21 heavy (non-hydrogen) atoms. The van der Waals surface area contributed by atoms with Gasteiger partial charge in [0.1, 0.15) is 11.4 Å². The van der Waals surface area contributed by atoms with Crippen LogP contribution in [0.25, 0.3) is 11.3 Å². The maximum Gasteiger partial charge on any atom is 0.340 e. The molecule has 0 aliphatic rings. The lowest BCUT2D eigenvalue weighted by Crippen LogP contribution is -2.10. The lowest BCUT2D eigenvalue weighted by Gasteiger charge is -2.13. The highest BCUT2D eigenvalue weighted by molar-refractivity contribution is 9.08. The van der Waals surface area contributed by atoms with Crippen LogP contribution in [-0.4, -0.2) is 29.7 Å². The van der Waals surface area contributed by atoms with Crippen LogP contribution in [0.5, 0.6) is 5.75 Å². The standard InChI is InChI=1S/C15H15BrN2O3/c1-3-21-15(19)11-7-13(20-2)14(18-12(11)8-16)10-5-4-6-17-9-10/h4-7,9H,3,8H2,1-2H3. The molecule has 0 atom stereocenters. The first-order valence-electron chi connectivity index (χ1n) is 6.42. The van der Waals surface area contributed by atoms with E-state index in [0.717, 1.165) is 5.56 Å². The molecule has 110 valence electrons. The van der Waals surface area contributed by atoms with E-state index in [4.69, 9.17) is 9.47 Å². The number of ether oxygens (including phenoxy) is 2. The number of hydrogen-bond donors (Lipinski definition) is 0. The number of pyridine rings is 2. The zero-order valence-electron chi connectivity index (χ0n) is 11.8. The van der Waals surface area contributed by atoms with Gasteiger partial charge in [-0.05, 0) is 25.1 Å². The van der Waals surface area contributed by atoms with Crippen molar-refractivity contribution in [1.29, 1.82) is 0 Å². The molecule has 0 bridgehead atoms. The molecule has 0 fully saturated rings. The zero-order chi connectivity index (χ0) is 15.2. The molecule has 2 rings (SSSR count). The maximum atomic E-state index is 12.0. The Balaban J connectivity index is 2.56.